The summed E-state index contributed by atoms with van der Waals surface area (Å²) >= 11 is 11.9. The molecule has 0 aliphatic carbocycles. The molecular formula is C17H13Cl2N3O7. The highest BCUT2D eigenvalue weighted by molar-refractivity contribution is 6.37. The number of pyridine rings is 1. The third kappa shape index (κ3) is 5.39. The van der Waals surface area contributed by atoms with Gasteiger partial charge in [0, 0.05) is 18.3 Å². The SMILES string of the molecule is COC(=O)c1cc(C(=O)OCC(=O)Nc2ncc(Cl)c(C)c2Cl)cc([N+](=O)[O-])c1. The number of benzene rings is 1. The topological polar surface area (TPSA) is 138 Å². The normalized spacial score (nSPS) is 10.2. The first-order chi connectivity index (χ1) is 13.6. The maximum atomic E-state index is 12.2. The molecule has 0 aliphatic heterocycles. The predicted molar refractivity (Wildman–Crippen MR) is 102 cm³/mol. The highest BCUT2D eigenvalue weighted by atomic mass is 35.5. The largest absolute Gasteiger partial charge is 0.465 e. The van der Waals surface area contributed by atoms with Crippen molar-refractivity contribution in [2.24, 2.45) is 0 Å². The van der Waals surface area contributed by atoms with Crippen LogP contribution < -0.4 is 5.32 Å². The van der Waals surface area contributed by atoms with Crippen LogP contribution >= 0.6 is 23.2 Å². The van der Waals surface area contributed by atoms with Crippen molar-refractivity contribution >= 4 is 52.6 Å². The predicted octanol–water partition coefficient (Wildman–Crippen LogP) is 3.19. The number of halogens is 2. The molecular weight excluding hydrogens is 429 g/mol. The lowest BCUT2D eigenvalue weighted by molar-refractivity contribution is -0.384. The van der Waals surface area contributed by atoms with Crippen LogP contribution in [0.25, 0.3) is 0 Å². The van der Waals surface area contributed by atoms with Gasteiger partial charge in [0.1, 0.15) is 0 Å². The Kier molecular flexibility index (Phi) is 7.08. The standard InChI is InChI=1S/C17H13Cl2N3O7/c1-8-12(18)6-20-15(14(8)19)21-13(23)7-29-17(25)10-3-9(16(24)28-2)4-11(5-10)22(26)27/h3-6H,7H2,1-2H3,(H,20,21,23). The zero-order valence-electron chi connectivity index (χ0n) is 15.0. The fourth-order valence-electron chi connectivity index (χ4n) is 2.10. The Balaban J connectivity index is 2.11. The molecule has 29 heavy (non-hydrogen) atoms. The van der Waals surface area contributed by atoms with E-state index in [1.54, 1.807) is 6.92 Å². The second kappa shape index (κ2) is 9.30. The maximum absolute atomic E-state index is 12.2. The molecule has 0 spiro atoms. The van der Waals surface area contributed by atoms with Crippen molar-refractivity contribution in [2.45, 2.75) is 6.92 Å². The zero-order chi connectivity index (χ0) is 21.7. The molecule has 0 aliphatic rings. The molecule has 152 valence electrons. The van der Waals surface area contributed by atoms with Crippen LogP contribution in [-0.2, 0) is 14.3 Å². The number of nitrogens with zero attached hydrogens (tertiary/aromatic N) is 2. The molecule has 1 N–H and O–H groups in total. The van der Waals surface area contributed by atoms with Gasteiger partial charge < -0.3 is 14.8 Å². The number of ether oxygens (including phenoxy) is 2. The lowest BCUT2D eigenvalue weighted by Gasteiger charge is -2.10. The number of nitro benzene ring substituents is 1. The Hall–Kier alpha value is -3.24. The van der Waals surface area contributed by atoms with Gasteiger partial charge in [0.25, 0.3) is 11.6 Å². The number of esters is 2. The van der Waals surface area contributed by atoms with Crippen LogP contribution in [0, 0.1) is 17.0 Å². The summed E-state index contributed by atoms with van der Waals surface area (Å²) in [5.74, 6) is -2.66. The lowest BCUT2D eigenvalue weighted by Crippen LogP contribution is -2.22. The Morgan fingerprint density at radius 2 is 1.79 bits per heavy atom. The highest BCUT2D eigenvalue weighted by Crippen LogP contribution is 2.28. The highest BCUT2D eigenvalue weighted by Gasteiger charge is 2.20. The number of non-ortho nitro benzene ring substituents is 1. The van der Waals surface area contributed by atoms with Crippen LogP contribution in [0.3, 0.4) is 0 Å². The summed E-state index contributed by atoms with van der Waals surface area (Å²) in [4.78, 5) is 49.9. The van der Waals surface area contributed by atoms with Gasteiger partial charge in [0.05, 0.1) is 33.2 Å². The smallest absolute Gasteiger partial charge is 0.338 e. The number of hydrogen-bond acceptors (Lipinski definition) is 8. The van der Waals surface area contributed by atoms with Crippen molar-refractivity contribution in [1.29, 1.82) is 0 Å². The number of carbonyl (C=O) groups excluding carboxylic acids is 3. The second-order valence-electron chi connectivity index (χ2n) is 5.54. The second-order valence-corrected chi connectivity index (χ2v) is 6.32. The van der Waals surface area contributed by atoms with Gasteiger partial charge in [-0.1, -0.05) is 23.2 Å². The molecule has 1 aromatic heterocycles. The van der Waals surface area contributed by atoms with Crippen molar-refractivity contribution in [3.63, 3.8) is 0 Å². The summed E-state index contributed by atoms with van der Waals surface area (Å²) in [5, 5.41) is 13.8. The number of amides is 1. The van der Waals surface area contributed by atoms with Crippen LogP contribution in [0.1, 0.15) is 26.3 Å². The number of methoxy groups -OCH3 is 1. The van der Waals surface area contributed by atoms with E-state index in [1.807, 2.05) is 0 Å². The van der Waals surface area contributed by atoms with Gasteiger partial charge in [-0.25, -0.2) is 14.6 Å². The van der Waals surface area contributed by atoms with Gasteiger partial charge in [-0.05, 0) is 18.6 Å². The molecule has 1 aromatic carbocycles. The molecule has 2 rings (SSSR count). The molecule has 0 atom stereocenters. The van der Waals surface area contributed by atoms with Gasteiger partial charge in [0.15, 0.2) is 12.4 Å². The average Bonchev–Trinajstić information content (AvgIpc) is 2.71. The van der Waals surface area contributed by atoms with Gasteiger partial charge in [-0.2, -0.15) is 0 Å². The van der Waals surface area contributed by atoms with Gasteiger partial charge in [-0.3, -0.25) is 14.9 Å². The molecule has 0 saturated heterocycles. The third-order valence-electron chi connectivity index (χ3n) is 3.58. The number of nitro groups is 1. The van der Waals surface area contributed by atoms with Crippen molar-refractivity contribution in [3.8, 4) is 0 Å². The summed E-state index contributed by atoms with van der Waals surface area (Å²) in [6.45, 7) is 0.901. The quantitative estimate of drug-likeness (QED) is 0.409. The van der Waals surface area contributed by atoms with Crippen LogP contribution in [0.5, 0.6) is 0 Å². The van der Waals surface area contributed by atoms with Crippen molar-refractivity contribution < 1.29 is 28.8 Å². The van der Waals surface area contributed by atoms with E-state index in [-0.39, 0.29) is 22.0 Å². The molecule has 1 amide bonds. The van der Waals surface area contributed by atoms with E-state index < -0.39 is 35.1 Å². The minimum Gasteiger partial charge on any atom is -0.465 e. The number of hydrogen-bond donors (Lipinski definition) is 1. The molecule has 0 saturated carbocycles. The molecule has 2 aromatic rings. The molecule has 12 heteroatoms. The molecule has 10 nitrogen and oxygen atoms in total. The average molecular weight is 442 g/mol. The van der Waals surface area contributed by atoms with Gasteiger partial charge >= 0.3 is 11.9 Å². The lowest BCUT2D eigenvalue weighted by atomic mass is 10.1. The number of rotatable bonds is 6. The van der Waals surface area contributed by atoms with E-state index in [4.69, 9.17) is 27.9 Å². The first kappa shape index (κ1) is 22.1. The number of carbonyl (C=O) groups is 3. The zero-order valence-corrected chi connectivity index (χ0v) is 16.5. The van der Waals surface area contributed by atoms with E-state index >= 15 is 0 Å². The van der Waals surface area contributed by atoms with Crippen molar-refractivity contribution in [3.05, 3.63) is 61.2 Å². The Labute approximate surface area is 173 Å². The van der Waals surface area contributed by atoms with Crippen molar-refractivity contribution in [2.75, 3.05) is 19.0 Å². The summed E-state index contributed by atoms with van der Waals surface area (Å²) in [6.07, 6.45) is 1.29. The van der Waals surface area contributed by atoms with Crippen LogP contribution in [0.4, 0.5) is 11.5 Å². The van der Waals surface area contributed by atoms with E-state index in [1.165, 1.54) is 6.20 Å². The number of nitrogens with one attached hydrogen (secondary N) is 1. The minimum absolute atomic E-state index is 0.0259. The van der Waals surface area contributed by atoms with E-state index in [9.17, 15) is 24.5 Å². The molecule has 0 radical (unpaired) electrons. The minimum atomic E-state index is -1.06. The maximum Gasteiger partial charge on any atom is 0.338 e. The number of anilines is 1. The van der Waals surface area contributed by atoms with E-state index in [2.05, 4.69) is 15.0 Å². The van der Waals surface area contributed by atoms with E-state index in [0.29, 0.717) is 10.6 Å². The Bertz CT molecular complexity index is 1010. The van der Waals surface area contributed by atoms with E-state index in [0.717, 1.165) is 25.3 Å². The Morgan fingerprint density at radius 1 is 1.17 bits per heavy atom. The molecule has 1 heterocycles. The summed E-state index contributed by atoms with van der Waals surface area (Å²) in [7, 11) is 1.08. The van der Waals surface area contributed by atoms with Crippen molar-refractivity contribution in [1.82, 2.24) is 4.98 Å². The number of aromatic nitrogens is 1. The summed E-state index contributed by atoms with van der Waals surface area (Å²) in [5.41, 5.74) is -0.531. The van der Waals surface area contributed by atoms with Gasteiger partial charge in [-0.15, -0.1) is 0 Å². The molecule has 0 bridgehead atoms. The first-order valence-electron chi connectivity index (χ1n) is 7.79. The summed E-state index contributed by atoms with van der Waals surface area (Å²) in [6, 6.07) is 2.92. The summed E-state index contributed by atoms with van der Waals surface area (Å²) < 4.78 is 9.33. The van der Waals surface area contributed by atoms with Gasteiger partial charge in [0.2, 0.25) is 0 Å². The van der Waals surface area contributed by atoms with Crippen LogP contribution in [0.15, 0.2) is 24.4 Å². The monoisotopic (exact) mass is 441 g/mol. The fourth-order valence-corrected chi connectivity index (χ4v) is 2.49. The van der Waals surface area contributed by atoms with Crippen LogP contribution in [0.2, 0.25) is 10.0 Å². The van der Waals surface area contributed by atoms with Crippen LogP contribution in [-0.4, -0.2) is 41.5 Å². The Morgan fingerprint density at radius 3 is 2.38 bits per heavy atom. The fraction of sp³-hybridized carbons (Fsp3) is 0.176. The molecule has 0 unspecified atom stereocenters. The molecule has 0 fully saturated rings. The first-order valence-corrected chi connectivity index (χ1v) is 8.55. The third-order valence-corrected chi connectivity index (χ3v) is 4.42.